The zero-order valence-electron chi connectivity index (χ0n) is 22.6. The van der Waals surface area contributed by atoms with E-state index in [2.05, 4.69) is 58.1 Å². The molecule has 2 heterocycles. The highest BCUT2D eigenvalue weighted by Crippen LogP contribution is 2.33. The summed E-state index contributed by atoms with van der Waals surface area (Å²) in [6, 6.07) is 13.8. The molecule has 2 aromatic carbocycles. The highest BCUT2D eigenvalue weighted by Gasteiger charge is 2.22. The number of methoxy groups -OCH3 is 1. The molecular weight excluding hydrogens is 466 g/mol. The molecule has 0 spiro atoms. The molecule has 0 saturated heterocycles. The summed E-state index contributed by atoms with van der Waals surface area (Å²) in [5.74, 6) is 1.41. The van der Waals surface area contributed by atoms with Gasteiger partial charge in [-0.3, -0.25) is 10.1 Å². The Kier molecular flexibility index (Phi) is 13.6. The van der Waals surface area contributed by atoms with Gasteiger partial charge < -0.3 is 25.1 Å². The van der Waals surface area contributed by atoms with Crippen LogP contribution in [0.4, 0.5) is 5.95 Å². The van der Waals surface area contributed by atoms with E-state index >= 15 is 0 Å². The predicted molar refractivity (Wildman–Crippen MR) is 152 cm³/mol. The highest BCUT2D eigenvalue weighted by atomic mass is 16.5. The van der Waals surface area contributed by atoms with E-state index in [4.69, 9.17) is 15.3 Å². The minimum absolute atomic E-state index is 0.00319. The molecule has 0 fully saturated rings. The Balaban J connectivity index is 0.000000297. The number of ether oxygens (including phenoxy) is 1. The molecule has 4 N–H and O–H groups in total. The lowest BCUT2D eigenvalue weighted by Crippen LogP contribution is -2.13. The first kappa shape index (κ1) is 30.7. The predicted octanol–water partition coefficient (Wildman–Crippen LogP) is 5.64. The van der Waals surface area contributed by atoms with Crippen LogP contribution in [-0.4, -0.2) is 40.7 Å². The Morgan fingerprint density at radius 1 is 1.30 bits per heavy atom. The number of benzene rings is 2. The number of rotatable bonds is 5. The number of aromatic nitrogens is 2. The fraction of sp³-hybridized carbons (Fsp3) is 0.310. The molecule has 8 nitrogen and oxygen atoms in total. The average Bonchev–Trinajstić information content (AvgIpc) is 3.44. The molecule has 0 atom stereocenters. The summed E-state index contributed by atoms with van der Waals surface area (Å²) in [4.78, 5) is 29.7. The number of aromatic amines is 1. The number of nitrogens with zero attached hydrogens (tertiary/aromatic N) is 2. The Morgan fingerprint density at radius 3 is 2.49 bits per heavy atom. The summed E-state index contributed by atoms with van der Waals surface area (Å²) in [6.45, 7) is 16.3. The summed E-state index contributed by atoms with van der Waals surface area (Å²) >= 11 is 0. The number of fused-ring (bicyclic) bond motifs is 2. The van der Waals surface area contributed by atoms with E-state index in [1.807, 2.05) is 37.3 Å². The zero-order chi connectivity index (χ0) is 27.8. The van der Waals surface area contributed by atoms with Crippen molar-refractivity contribution >= 4 is 34.9 Å². The number of amides is 1. The largest absolute Gasteiger partial charge is 0.497 e. The van der Waals surface area contributed by atoms with Gasteiger partial charge in [-0.2, -0.15) is 0 Å². The zero-order valence-corrected chi connectivity index (χ0v) is 22.6. The maximum absolute atomic E-state index is 11.3. The topological polar surface area (TPSA) is 113 Å². The van der Waals surface area contributed by atoms with Crippen LogP contribution in [0.25, 0.3) is 16.7 Å². The third-order valence-corrected chi connectivity index (χ3v) is 4.92. The van der Waals surface area contributed by atoms with Crippen molar-refractivity contribution in [2.75, 3.05) is 19.0 Å². The summed E-state index contributed by atoms with van der Waals surface area (Å²) in [5, 5.41) is 2.73. The lowest BCUT2D eigenvalue weighted by Gasteiger charge is -2.15. The summed E-state index contributed by atoms with van der Waals surface area (Å²) < 4.78 is 5.22. The van der Waals surface area contributed by atoms with Crippen molar-refractivity contribution in [2.45, 2.75) is 47.1 Å². The SMILES string of the molecule is C=C(C)N.C=C=C1c2cc(OC)ccc2CN1CC.CC=O.CCCC(=O)Nc1nc2ccccc2[nH]1. The molecule has 0 saturated carbocycles. The summed E-state index contributed by atoms with van der Waals surface area (Å²) in [7, 11) is 1.69. The standard InChI is InChI=1S/C13H15NO.C11H13N3O.C3H7N.C2H4O/c1-4-13-12-8-11(15-3)7-6-10(12)9-14(13)5-2;1-2-5-10(15)14-11-12-8-6-3-4-7-9(8)13-11;1-3(2)4;1-2-3/h6-8H,1,5,9H2,2-3H3;3-4,6-7H,2,5H2,1H3,(H2,12,13,14,15);1,4H2,2H3;2H,1H3. The van der Waals surface area contributed by atoms with Crippen LogP contribution in [0.3, 0.4) is 0 Å². The van der Waals surface area contributed by atoms with Crippen LogP contribution in [0.15, 0.2) is 67.1 Å². The van der Waals surface area contributed by atoms with Crippen LogP contribution < -0.4 is 15.8 Å². The van der Waals surface area contributed by atoms with Crippen molar-refractivity contribution in [3.63, 3.8) is 0 Å². The third-order valence-electron chi connectivity index (χ3n) is 4.92. The van der Waals surface area contributed by atoms with E-state index in [0.29, 0.717) is 18.1 Å². The molecule has 4 rings (SSSR count). The van der Waals surface area contributed by atoms with Crippen molar-refractivity contribution in [3.8, 4) is 5.75 Å². The molecule has 0 aliphatic carbocycles. The van der Waals surface area contributed by atoms with Gasteiger partial charge in [-0.1, -0.05) is 38.3 Å². The number of aldehydes is 1. The van der Waals surface area contributed by atoms with Gasteiger partial charge in [0, 0.05) is 25.1 Å². The van der Waals surface area contributed by atoms with E-state index < -0.39 is 0 Å². The van der Waals surface area contributed by atoms with Gasteiger partial charge in [-0.25, -0.2) is 4.98 Å². The second-order valence-corrected chi connectivity index (χ2v) is 8.05. The van der Waals surface area contributed by atoms with Crippen LogP contribution >= 0.6 is 0 Å². The number of imidazole rings is 1. The first-order valence-electron chi connectivity index (χ1n) is 12.1. The maximum atomic E-state index is 11.3. The molecule has 37 heavy (non-hydrogen) atoms. The molecular formula is C29H39N5O3. The first-order chi connectivity index (χ1) is 17.7. The van der Waals surface area contributed by atoms with Crippen LogP contribution in [0.1, 0.15) is 51.7 Å². The molecule has 0 bridgehead atoms. The average molecular weight is 506 g/mol. The molecule has 8 heteroatoms. The van der Waals surface area contributed by atoms with E-state index in [-0.39, 0.29) is 5.91 Å². The quantitative estimate of drug-likeness (QED) is 0.305. The molecule has 0 unspecified atom stereocenters. The monoisotopic (exact) mass is 505 g/mol. The van der Waals surface area contributed by atoms with Crippen LogP contribution in [0, 0.1) is 0 Å². The number of para-hydroxylation sites is 2. The van der Waals surface area contributed by atoms with Gasteiger partial charge in [0.15, 0.2) is 0 Å². The van der Waals surface area contributed by atoms with Gasteiger partial charge in [0.05, 0.1) is 23.8 Å². The third kappa shape index (κ3) is 10.1. The van der Waals surface area contributed by atoms with Gasteiger partial charge >= 0.3 is 0 Å². The van der Waals surface area contributed by atoms with Crippen molar-refractivity contribution < 1.29 is 14.3 Å². The number of anilines is 1. The Bertz CT molecular complexity index is 1190. The van der Waals surface area contributed by atoms with Crippen LogP contribution in [0.5, 0.6) is 5.75 Å². The molecule has 1 aliphatic rings. The fourth-order valence-corrected chi connectivity index (χ4v) is 3.41. The van der Waals surface area contributed by atoms with Gasteiger partial charge in [-0.05, 0) is 62.7 Å². The molecule has 3 aromatic rings. The van der Waals surface area contributed by atoms with Crippen LogP contribution in [-0.2, 0) is 16.1 Å². The Labute approximate surface area is 219 Å². The Morgan fingerprint density at radius 2 is 1.95 bits per heavy atom. The van der Waals surface area contributed by atoms with E-state index in [1.165, 1.54) is 18.1 Å². The van der Waals surface area contributed by atoms with Crippen molar-refractivity contribution in [1.82, 2.24) is 14.9 Å². The van der Waals surface area contributed by atoms with E-state index in [9.17, 15) is 4.79 Å². The van der Waals surface area contributed by atoms with Crippen molar-refractivity contribution in [2.24, 2.45) is 5.73 Å². The molecule has 0 radical (unpaired) electrons. The van der Waals surface area contributed by atoms with Gasteiger partial charge in [0.2, 0.25) is 11.9 Å². The summed E-state index contributed by atoms with van der Waals surface area (Å²) in [5.41, 5.74) is 14.0. The lowest BCUT2D eigenvalue weighted by molar-refractivity contribution is -0.116. The number of carbonyl (C=O) groups is 2. The van der Waals surface area contributed by atoms with Crippen molar-refractivity contribution in [1.29, 1.82) is 0 Å². The number of H-pyrrole nitrogens is 1. The lowest BCUT2D eigenvalue weighted by atomic mass is 10.1. The number of carbonyl (C=O) groups excluding carboxylic acids is 2. The smallest absolute Gasteiger partial charge is 0.226 e. The highest BCUT2D eigenvalue weighted by molar-refractivity contribution is 5.90. The number of nitrogens with two attached hydrogens (primary N) is 1. The van der Waals surface area contributed by atoms with Gasteiger partial charge in [-0.15, -0.1) is 5.73 Å². The normalized spacial score (nSPS) is 10.8. The number of hydrogen-bond acceptors (Lipinski definition) is 6. The fourth-order valence-electron chi connectivity index (χ4n) is 3.41. The maximum Gasteiger partial charge on any atom is 0.226 e. The van der Waals surface area contributed by atoms with E-state index in [0.717, 1.165) is 48.3 Å². The van der Waals surface area contributed by atoms with Gasteiger partial charge in [0.1, 0.15) is 12.0 Å². The minimum Gasteiger partial charge on any atom is -0.497 e. The van der Waals surface area contributed by atoms with E-state index in [1.54, 1.807) is 14.0 Å². The second kappa shape index (κ2) is 16.4. The van der Waals surface area contributed by atoms with Crippen LogP contribution in [0.2, 0.25) is 0 Å². The molecule has 1 aromatic heterocycles. The second-order valence-electron chi connectivity index (χ2n) is 8.05. The molecule has 1 aliphatic heterocycles. The number of hydrogen-bond donors (Lipinski definition) is 3. The molecule has 1 amide bonds. The first-order valence-corrected chi connectivity index (χ1v) is 12.1. The number of nitrogens with one attached hydrogen (secondary N) is 2. The summed E-state index contributed by atoms with van der Waals surface area (Å²) in [6.07, 6.45) is 2.11. The van der Waals surface area contributed by atoms with Crippen molar-refractivity contribution in [3.05, 3.63) is 78.2 Å². The minimum atomic E-state index is -0.00319. The number of allylic oxidation sites excluding steroid dienone is 1. The van der Waals surface area contributed by atoms with Gasteiger partial charge in [0.25, 0.3) is 0 Å². The Hall–Kier alpha value is -4.29. The molecule has 198 valence electrons.